The fourth-order valence-corrected chi connectivity index (χ4v) is 8.65. The van der Waals surface area contributed by atoms with Crippen LogP contribution in [0.1, 0.15) is 0 Å². The first-order valence-electron chi connectivity index (χ1n) is 20.5. The molecule has 0 spiro atoms. The minimum Gasteiger partial charge on any atom is -0.456 e. The molecule has 60 heavy (non-hydrogen) atoms. The minimum atomic E-state index is 0.901. The fraction of sp³-hybridized carbons (Fsp3) is 0. The molecule has 2 heteroatoms. The van der Waals surface area contributed by atoms with Crippen LogP contribution in [0.4, 0.5) is 17.1 Å². The Labute approximate surface area is 349 Å². The summed E-state index contributed by atoms with van der Waals surface area (Å²) < 4.78 is 6.16. The first-order valence-corrected chi connectivity index (χ1v) is 20.5. The summed E-state index contributed by atoms with van der Waals surface area (Å²) in [5.41, 5.74) is 16.8. The van der Waals surface area contributed by atoms with E-state index in [1.54, 1.807) is 0 Å². The lowest BCUT2D eigenvalue weighted by Crippen LogP contribution is -2.11. The second-order valence-electron chi connectivity index (χ2n) is 15.3. The molecule has 10 aromatic carbocycles. The summed E-state index contributed by atoms with van der Waals surface area (Å²) >= 11 is 0. The third-order valence-electron chi connectivity index (χ3n) is 11.7. The van der Waals surface area contributed by atoms with Crippen LogP contribution in [0, 0.1) is 0 Å². The Morgan fingerprint density at radius 2 is 0.750 bits per heavy atom. The van der Waals surface area contributed by atoms with Crippen LogP contribution in [-0.2, 0) is 0 Å². The molecule has 0 aliphatic heterocycles. The lowest BCUT2D eigenvalue weighted by molar-refractivity contribution is 0.669. The van der Waals surface area contributed by atoms with E-state index in [-0.39, 0.29) is 0 Å². The summed E-state index contributed by atoms with van der Waals surface area (Å²) in [6.45, 7) is 0. The topological polar surface area (TPSA) is 16.4 Å². The van der Waals surface area contributed by atoms with Crippen LogP contribution in [0.3, 0.4) is 0 Å². The monoisotopic (exact) mass is 765 g/mol. The summed E-state index contributed by atoms with van der Waals surface area (Å²) in [4.78, 5) is 2.41. The Kier molecular flexibility index (Phi) is 8.87. The van der Waals surface area contributed by atoms with Gasteiger partial charge in [0, 0.05) is 27.7 Å². The summed E-state index contributed by atoms with van der Waals surface area (Å²) in [6, 6.07) is 85.0. The Bertz CT molecular complexity index is 3270. The van der Waals surface area contributed by atoms with Gasteiger partial charge in [0.05, 0.1) is 5.69 Å². The van der Waals surface area contributed by atoms with Crippen LogP contribution in [0.25, 0.3) is 88.3 Å². The molecule has 0 amide bonds. The number of fused-ring (bicyclic) bond motifs is 4. The molecule has 0 N–H and O–H groups in total. The van der Waals surface area contributed by atoms with Crippen LogP contribution in [-0.4, -0.2) is 0 Å². The molecule has 0 aliphatic rings. The standard InChI is InChI=1S/C58H39NO/c1-3-12-40(13-4-1)41-22-24-42(25-23-41)43-26-32-49(33-27-43)59(50-34-28-44(29-35-50)47-31-37-58-55(38-47)54-19-9-10-21-57(54)60-58)56-39-48(30-36-53(56)46-14-5-2-6-15-46)52-20-11-17-45-16-7-8-18-51(45)52/h1-39H. The van der Waals surface area contributed by atoms with E-state index >= 15 is 0 Å². The highest BCUT2D eigenvalue weighted by atomic mass is 16.3. The molecule has 1 heterocycles. The predicted octanol–water partition coefficient (Wildman–Crippen LogP) is 16.5. The molecule has 11 aromatic rings. The van der Waals surface area contributed by atoms with Crippen LogP contribution in [0.2, 0.25) is 0 Å². The number of para-hydroxylation sites is 1. The number of nitrogens with zero attached hydrogens (tertiary/aromatic N) is 1. The van der Waals surface area contributed by atoms with E-state index in [1.165, 1.54) is 44.2 Å². The van der Waals surface area contributed by atoms with Gasteiger partial charge in [-0.05, 0) is 109 Å². The second kappa shape index (κ2) is 15.1. The highest BCUT2D eigenvalue weighted by Crippen LogP contribution is 2.45. The molecule has 0 atom stereocenters. The molecule has 0 saturated heterocycles. The van der Waals surface area contributed by atoms with Gasteiger partial charge in [0.15, 0.2) is 0 Å². The molecular formula is C58H39NO. The van der Waals surface area contributed by atoms with E-state index in [9.17, 15) is 0 Å². The van der Waals surface area contributed by atoms with Crippen molar-refractivity contribution in [1.29, 1.82) is 0 Å². The van der Waals surface area contributed by atoms with Gasteiger partial charge in [0.1, 0.15) is 11.2 Å². The van der Waals surface area contributed by atoms with E-state index in [0.717, 1.165) is 61.3 Å². The first kappa shape index (κ1) is 35.2. The third kappa shape index (κ3) is 6.51. The highest BCUT2D eigenvalue weighted by molar-refractivity contribution is 6.06. The maximum atomic E-state index is 6.16. The average Bonchev–Trinajstić information content (AvgIpc) is 3.71. The minimum absolute atomic E-state index is 0.901. The van der Waals surface area contributed by atoms with E-state index in [0.29, 0.717) is 0 Å². The Hall–Kier alpha value is -7.94. The van der Waals surface area contributed by atoms with Gasteiger partial charge < -0.3 is 9.32 Å². The van der Waals surface area contributed by atoms with E-state index in [4.69, 9.17) is 4.42 Å². The number of anilines is 3. The van der Waals surface area contributed by atoms with E-state index < -0.39 is 0 Å². The van der Waals surface area contributed by atoms with Crippen LogP contribution >= 0.6 is 0 Å². The molecule has 1 aromatic heterocycles. The zero-order valence-electron chi connectivity index (χ0n) is 32.9. The summed E-state index contributed by atoms with van der Waals surface area (Å²) in [6.07, 6.45) is 0. The number of rotatable bonds is 8. The van der Waals surface area contributed by atoms with Crippen molar-refractivity contribution < 1.29 is 4.42 Å². The van der Waals surface area contributed by atoms with Gasteiger partial charge in [-0.3, -0.25) is 0 Å². The molecule has 282 valence electrons. The molecular weight excluding hydrogens is 727 g/mol. The van der Waals surface area contributed by atoms with Crippen molar-refractivity contribution in [3.05, 3.63) is 237 Å². The maximum Gasteiger partial charge on any atom is 0.135 e. The third-order valence-corrected chi connectivity index (χ3v) is 11.7. The first-order chi connectivity index (χ1) is 29.7. The van der Waals surface area contributed by atoms with E-state index in [2.05, 4.69) is 229 Å². The van der Waals surface area contributed by atoms with Gasteiger partial charge in [-0.2, -0.15) is 0 Å². The molecule has 11 rings (SSSR count). The zero-order chi connectivity index (χ0) is 39.8. The fourth-order valence-electron chi connectivity index (χ4n) is 8.65. The van der Waals surface area contributed by atoms with Gasteiger partial charge in [0.2, 0.25) is 0 Å². The SMILES string of the molecule is c1ccc(-c2ccc(-c3ccc(N(c4ccc(-c5ccc6oc7ccccc7c6c5)cc4)c4cc(-c5cccc6ccccc56)ccc4-c4ccccc4)cc3)cc2)cc1. The molecule has 0 saturated carbocycles. The van der Waals surface area contributed by atoms with Crippen molar-refractivity contribution in [2.75, 3.05) is 4.90 Å². The Balaban J connectivity index is 1.05. The highest BCUT2D eigenvalue weighted by Gasteiger charge is 2.20. The van der Waals surface area contributed by atoms with Crippen molar-refractivity contribution in [3.63, 3.8) is 0 Å². The van der Waals surface area contributed by atoms with Gasteiger partial charge in [-0.25, -0.2) is 0 Å². The quantitative estimate of drug-likeness (QED) is 0.153. The zero-order valence-corrected chi connectivity index (χ0v) is 32.9. The molecule has 2 nitrogen and oxygen atoms in total. The molecule has 0 bridgehead atoms. The van der Waals surface area contributed by atoms with Crippen LogP contribution < -0.4 is 4.90 Å². The molecule has 0 unspecified atom stereocenters. The van der Waals surface area contributed by atoms with Crippen molar-refractivity contribution in [2.24, 2.45) is 0 Å². The normalized spacial score (nSPS) is 11.3. The number of benzene rings is 10. The van der Waals surface area contributed by atoms with E-state index in [1.807, 2.05) is 12.1 Å². The number of furan rings is 1. The van der Waals surface area contributed by atoms with Crippen molar-refractivity contribution in [1.82, 2.24) is 0 Å². The average molecular weight is 766 g/mol. The van der Waals surface area contributed by atoms with Crippen LogP contribution in [0.15, 0.2) is 241 Å². The molecule has 0 aliphatic carbocycles. The molecule has 0 fully saturated rings. The van der Waals surface area contributed by atoms with Gasteiger partial charge >= 0.3 is 0 Å². The van der Waals surface area contributed by atoms with Gasteiger partial charge in [-0.1, -0.05) is 188 Å². The number of hydrogen-bond donors (Lipinski definition) is 0. The lowest BCUT2D eigenvalue weighted by atomic mass is 9.94. The maximum absolute atomic E-state index is 6.16. The van der Waals surface area contributed by atoms with Crippen LogP contribution in [0.5, 0.6) is 0 Å². The molecule has 0 radical (unpaired) electrons. The summed E-state index contributed by atoms with van der Waals surface area (Å²) in [5, 5.41) is 4.72. The Morgan fingerprint density at radius 3 is 1.43 bits per heavy atom. The predicted molar refractivity (Wildman–Crippen MR) is 253 cm³/mol. The van der Waals surface area contributed by atoms with Gasteiger partial charge in [0.25, 0.3) is 0 Å². The summed E-state index contributed by atoms with van der Waals surface area (Å²) in [7, 11) is 0. The largest absolute Gasteiger partial charge is 0.456 e. The smallest absolute Gasteiger partial charge is 0.135 e. The Morgan fingerprint density at radius 1 is 0.267 bits per heavy atom. The van der Waals surface area contributed by atoms with Crippen molar-refractivity contribution >= 4 is 49.8 Å². The van der Waals surface area contributed by atoms with Crippen molar-refractivity contribution in [3.8, 4) is 55.6 Å². The lowest BCUT2D eigenvalue weighted by Gasteiger charge is -2.29. The van der Waals surface area contributed by atoms with Crippen molar-refractivity contribution in [2.45, 2.75) is 0 Å². The number of hydrogen-bond acceptors (Lipinski definition) is 2. The van der Waals surface area contributed by atoms with Gasteiger partial charge in [-0.15, -0.1) is 0 Å². The summed E-state index contributed by atoms with van der Waals surface area (Å²) in [5.74, 6) is 0. The second-order valence-corrected chi connectivity index (χ2v) is 15.3.